The highest BCUT2D eigenvalue weighted by atomic mass is 16.2. The fourth-order valence-electron chi connectivity index (χ4n) is 3.09. The normalized spacial score (nSPS) is 16.3. The van der Waals surface area contributed by atoms with Crippen molar-refractivity contribution in [3.8, 4) is 0 Å². The van der Waals surface area contributed by atoms with Gasteiger partial charge in [-0.05, 0) is 51.4 Å². The molecule has 1 aromatic heterocycles. The molecule has 4 heteroatoms. The summed E-state index contributed by atoms with van der Waals surface area (Å²) in [7, 11) is 0. The summed E-state index contributed by atoms with van der Waals surface area (Å²) in [5.74, 6) is 0.127. The highest BCUT2D eigenvalue weighted by Gasteiger charge is 2.18. The zero-order valence-electron chi connectivity index (χ0n) is 14.1. The molecule has 0 aromatic carbocycles. The van der Waals surface area contributed by atoms with E-state index in [1.165, 1.54) is 38.8 Å². The van der Waals surface area contributed by atoms with Crippen molar-refractivity contribution in [1.29, 1.82) is 0 Å². The summed E-state index contributed by atoms with van der Waals surface area (Å²) in [6.45, 7) is 9.03. The van der Waals surface area contributed by atoms with Gasteiger partial charge >= 0.3 is 0 Å². The number of likely N-dealkylation sites (tertiary alicyclic amines) is 1. The first-order valence-corrected chi connectivity index (χ1v) is 8.65. The first kappa shape index (κ1) is 16.9. The van der Waals surface area contributed by atoms with Crippen molar-refractivity contribution in [2.75, 3.05) is 32.7 Å². The average Bonchev–Trinajstić information content (AvgIpc) is 2.80. The van der Waals surface area contributed by atoms with E-state index in [1.807, 2.05) is 24.0 Å². The second kappa shape index (κ2) is 8.89. The molecule has 0 unspecified atom stereocenters. The fourth-order valence-corrected chi connectivity index (χ4v) is 3.09. The smallest absolute Gasteiger partial charge is 0.255 e. The van der Waals surface area contributed by atoms with Gasteiger partial charge in [0.05, 0.1) is 5.56 Å². The lowest BCUT2D eigenvalue weighted by molar-refractivity contribution is 0.0734. The van der Waals surface area contributed by atoms with Gasteiger partial charge in [0, 0.05) is 31.5 Å². The van der Waals surface area contributed by atoms with E-state index in [0.717, 1.165) is 37.3 Å². The van der Waals surface area contributed by atoms with Crippen LogP contribution in [-0.2, 0) is 0 Å². The van der Waals surface area contributed by atoms with Crippen LogP contribution in [0.3, 0.4) is 0 Å². The van der Waals surface area contributed by atoms with E-state index in [4.69, 9.17) is 0 Å². The van der Waals surface area contributed by atoms with Crippen LogP contribution in [0.15, 0.2) is 18.3 Å². The van der Waals surface area contributed by atoms with Crippen LogP contribution in [0.1, 0.15) is 55.1 Å². The Morgan fingerprint density at radius 2 is 1.95 bits per heavy atom. The summed E-state index contributed by atoms with van der Waals surface area (Å²) >= 11 is 0. The number of carbonyl (C=O) groups excluding carboxylic acids is 1. The molecule has 0 radical (unpaired) electrons. The number of aryl methyl sites for hydroxylation is 1. The van der Waals surface area contributed by atoms with Crippen LogP contribution in [-0.4, -0.2) is 53.4 Å². The summed E-state index contributed by atoms with van der Waals surface area (Å²) in [5, 5.41) is 0. The molecule has 0 bridgehead atoms. The minimum Gasteiger partial charge on any atom is -0.337 e. The molecule has 122 valence electrons. The molecule has 0 spiro atoms. The van der Waals surface area contributed by atoms with Crippen LogP contribution in [0.25, 0.3) is 0 Å². The molecule has 1 aliphatic rings. The van der Waals surface area contributed by atoms with E-state index in [0.29, 0.717) is 0 Å². The summed E-state index contributed by atoms with van der Waals surface area (Å²) < 4.78 is 0. The van der Waals surface area contributed by atoms with Crippen molar-refractivity contribution in [3.63, 3.8) is 0 Å². The molecule has 1 aliphatic heterocycles. The molecule has 1 saturated heterocycles. The van der Waals surface area contributed by atoms with Gasteiger partial charge in [0.2, 0.25) is 0 Å². The maximum atomic E-state index is 12.8. The van der Waals surface area contributed by atoms with Gasteiger partial charge in [-0.3, -0.25) is 9.78 Å². The van der Waals surface area contributed by atoms with Crippen LogP contribution in [0.4, 0.5) is 0 Å². The summed E-state index contributed by atoms with van der Waals surface area (Å²) in [6.07, 6.45) is 8.03. The SMILES string of the molecule is CCCN(CCN1CCCCCC1)C(=O)c1cccnc1C. The van der Waals surface area contributed by atoms with E-state index >= 15 is 0 Å². The Kier molecular flexibility index (Phi) is 6.84. The van der Waals surface area contributed by atoms with Crippen LogP contribution < -0.4 is 0 Å². The number of carbonyl (C=O) groups is 1. The number of hydrogen-bond acceptors (Lipinski definition) is 3. The zero-order valence-corrected chi connectivity index (χ0v) is 14.1. The predicted octanol–water partition coefficient (Wildman–Crippen LogP) is 3.12. The van der Waals surface area contributed by atoms with Gasteiger partial charge in [-0.25, -0.2) is 0 Å². The number of rotatable bonds is 6. The molecular formula is C18H29N3O. The molecule has 1 amide bonds. The minimum atomic E-state index is 0.127. The van der Waals surface area contributed by atoms with Gasteiger partial charge < -0.3 is 9.80 Å². The van der Waals surface area contributed by atoms with Gasteiger partial charge in [-0.15, -0.1) is 0 Å². The molecule has 0 N–H and O–H groups in total. The average molecular weight is 303 g/mol. The van der Waals surface area contributed by atoms with E-state index in [1.54, 1.807) is 6.20 Å². The van der Waals surface area contributed by atoms with Crippen molar-refractivity contribution in [2.24, 2.45) is 0 Å². The molecule has 22 heavy (non-hydrogen) atoms. The van der Waals surface area contributed by atoms with Gasteiger partial charge in [0.1, 0.15) is 0 Å². The lowest BCUT2D eigenvalue weighted by Gasteiger charge is -2.27. The predicted molar refractivity (Wildman–Crippen MR) is 90.1 cm³/mol. The summed E-state index contributed by atoms with van der Waals surface area (Å²) in [4.78, 5) is 21.5. The highest BCUT2D eigenvalue weighted by molar-refractivity contribution is 5.95. The Balaban J connectivity index is 1.96. The van der Waals surface area contributed by atoms with E-state index in [9.17, 15) is 4.79 Å². The molecule has 0 aliphatic carbocycles. The fraction of sp³-hybridized carbons (Fsp3) is 0.667. The second-order valence-corrected chi connectivity index (χ2v) is 6.18. The molecule has 2 rings (SSSR count). The number of hydrogen-bond donors (Lipinski definition) is 0. The first-order valence-electron chi connectivity index (χ1n) is 8.65. The van der Waals surface area contributed by atoms with Crippen molar-refractivity contribution < 1.29 is 4.79 Å². The molecule has 0 saturated carbocycles. The standard InChI is InChI=1S/C18H29N3O/c1-3-11-21(15-14-20-12-6-4-5-7-13-20)18(22)17-9-8-10-19-16(17)2/h8-10H,3-7,11-15H2,1-2H3. The number of pyridine rings is 1. The number of amides is 1. The van der Waals surface area contributed by atoms with Crippen LogP contribution >= 0.6 is 0 Å². The van der Waals surface area contributed by atoms with Crippen molar-refractivity contribution in [1.82, 2.24) is 14.8 Å². The quantitative estimate of drug-likeness (QED) is 0.810. The van der Waals surface area contributed by atoms with Crippen molar-refractivity contribution >= 4 is 5.91 Å². The Labute approximate surface area is 134 Å². The van der Waals surface area contributed by atoms with Gasteiger partial charge in [0.25, 0.3) is 5.91 Å². The highest BCUT2D eigenvalue weighted by Crippen LogP contribution is 2.12. The monoisotopic (exact) mass is 303 g/mol. The Bertz CT molecular complexity index is 467. The van der Waals surface area contributed by atoms with E-state index < -0.39 is 0 Å². The third kappa shape index (κ3) is 4.80. The Hall–Kier alpha value is -1.42. The van der Waals surface area contributed by atoms with Crippen LogP contribution in [0, 0.1) is 6.92 Å². The van der Waals surface area contributed by atoms with Gasteiger partial charge in [0.15, 0.2) is 0 Å². The van der Waals surface area contributed by atoms with Crippen molar-refractivity contribution in [2.45, 2.75) is 46.0 Å². The third-order valence-corrected chi connectivity index (χ3v) is 4.40. The minimum absolute atomic E-state index is 0.127. The van der Waals surface area contributed by atoms with Crippen molar-refractivity contribution in [3.05, 3.63) is 29.6 Å². The second-order valence-electron chi connectivity index (χ2n) is 6.18. The molecule has 4 nitrogen and oxygen atoms in total. The van der Waals surface area contributed by atoms with Gasteiger partial charge in [-0.2, -0.15) is 0 Å². The molecule has 1 fully saturated rings. The van der Waals surface area contributed by atoms with E-state index in [2.05, 4.69) is 16.8 Å². The summed E-state index contributed by atoms with van der Waals surface area (Å²) in [5.41, 5.74) is 1.56. The van der Waals surface area contributed by atoms with Crippen LogP contribution in [0.5, 0.6) is 0 Å². The maximum Gasteiger partial charge on any atom is 0.255 e. The lowest BCUT2D eigenvalue weighted by Crippen LogP contribution is -2.39. The maximum absolute atomic E-state index is 12.8. The van der Waals surface area contributed by atoms with Gasteiger partial charge in [-0.1, -0.05) is 19.8 Å². The third-order valence-electron chi connectivity index (χ3n) is 4.40. The topological polar surface area (TPSA) is 36.4 Å². The molecule has 0 atom stereocenters. The number of nitrogens with zero attached hydrogens (tertiary/aromatic N) is 3. The summed E-state index contributed by atoms with van der Waals surface area (Å²) in [6, 6.07) is 3.73. The Morgan fingerprint density at radius 3 is 2.59 bits per heavy atom. The van der Waals surface area contributed by atoms with E-state index in [-0.39, 0.29) is 5.91 Å². The first-order chi connectivity index (χ1) is 10.7. The zero-order chi connectivity index (χ0) is 15.8. The Morgan fingerprint density at radius 1 is 1.23 bits per heavy atom. The lowest BCUT2D eigenvalue weighted by atomic mass is 10.1. The molecular weight excluding hydrogens is 274 g/mol. The largest absolute Gasteiger partial charge is 0.337 e. The molecule has 2 heterocycles. The van der Waals surface area contributed by atoms with Crippen LogP contribution in [0.2, 0.25) is 0 Å². The molecule has 1 aromatic rings. The number of aromatic nitrogens is 1.